The topological polar surface area (TPSA) is 50.8 Å². The van der Waals surface area contributed by atoms with Crippen LogP contribution in [-0.4, -0.2) is 23.0 Å². The fourth-order valence-electron chi connectivity index (χ4n) is 9.02. The lowest BCUT2D eigenvalue weighted by Gasteiger charge is -2.56. The van der Waals surface area contributed by atoms with Crippen LogP contribution in [0.3, 0.4) is 0 Å². The van der Waals surface area contributed by atoms with Crippen molar-refractivity contribution < 1.29 is 4.74 Å². The smallest absolute Gasteiger partial charge is 0.102 e. The normalized spacial score (nSPS) is 42.8. The Morgan fingerprint density at radius 2 is 2.00 bits per heavy atom. The summed E-state index contributed by atoms with van der Waals surface area (Å²) in [5.74, 6) is 6.28. The third kappa shape index (κ3) is 3.65. The van der Waals surface area contributed by atoms with Gasteiger partial charge in [0.25, 0.3) is 0 Å². The predicted octanol–water partition coefficient (Wildman–Crippen LogP) is 6.24. The summed E-state index contributed by atoms with van der Waals surface area (Å²) >= 11 is 0. The van der Waals surface area contributed by atoms with E-state index in [0.717, 1.165) is 48.7 Å². The Balaban J connectivity index is 1.29. The Morgan fingerprint density at radius 3 is 2.77 bits per heavy atom. The second-order valence-electron chi connectivity index (χ2n) is 11.6. The number of hydrogen-bond acceptors (Lipinski definition) is 3. The van der Waals surface area contributed by atoms with Crippen LogP contribution in [0.4, 0.5) is 0 Å². The van der Waals surface area contributed by atoms with Gasteiger partial charge in [0, 0.05) is 19.4 Å². The number of ether oxygens (including phenoxy) is 1. The molecule has 0 bridgehead atoms. The van der Waals surface area contributed by atoms with Crippen LogP contribution < -0.4 is 0 Å². The van der Waals surface area contributed by atoms with E-state index in [-0.39, 0.29) is 0 Å². The average Bonchev–Trinajstić information content (AvgIpc) is 3.41. The molecular weight excluding hydrogens is 382 g/mol. The zero-order chi connectivity index (χ0) is 21.6. The summed E-state index contributed by atoms with van der Waals surface area (Å²) in [7, 11) is 0. The molecule has 3 unspecified atom stereocenters. The Bertz CT molecular complexity index is 812. The molecule has 0 amide bonds. The lowest BCUT2D eigenvalue weighted by molar-refractivity contribution is -0.0774. The van der Waals surface area contributed by atoms with Gasteiger partial charge in [0.15, 0.2) is 0 Å². The summed E-state index contributed by atoms with van der Waals surface area (Å²) in [5, 5.41) is 13.8. The molecule has 1 heterocycles. The summed E-state index contributed by atoms with van der Waals surface area (Å²) in [4.78, 5) is 0. The van der Waals surface area contributed by atoms with Gasteiger partial charge in [-0.05, 0) is 118 Å². The van der Waals surface area contributed by atoms with Crippen LogP contribution in [-0.2, 0) is 4.74 Å². The molecule has 31 heavy (non-hydrogen) atoms. The van der Waals surface area contributed by atoms with Gasteiger partial charge in [0.1, 0.15) is 6.07 Å². The van der Waals surface area contributed by atoms with Crippen LogP contribution >= 0.6 is 0 Å². The third-order valence-corrected chi connectivity index (χ3v) is 10.4. The molecule has 4 saturated carbocycles. The van der Waals surface area contributed by atoms with E-state index in [1.54, 1.807) is 6.20 Å². The quantitative estimate of drug-likeness (QED) is 0.563. The number of nitriles is 1. The monoisotopic (exact) mass is 423 g/mol. The highest BCUT2D eigenvalue weighted by molar-refractivity contribution is 5.22. The Morgan fingerprint density at radius 1 is 1.16 bits per heavy atom. The zero-order valence-electron chi connectivity index (χ0n) is 19.8. The number of nitrogens with zero attached hydrogens (tertiary/aromatic N) is 3. The summed E-state index contributed by atoms with van der Waals surface area (Å²) in [5.41, 5.74) is 1.13. The first-order chi connectivity index (χ1) is 15.0. The molecule has 0 radical (unpaired) electrons. The number of aromatic nitrogens is 2. The molecule has 4 fully saturated rings. The van der Waals surface area contributed by atoms with Crippen molar-refractivity contribution in [2.24, 2.45) is 46.8 Å². The van der Waals surface area contributed by atoms with Gasteiger partial charge in [-0.3, -0.25) is 4.68 Å². The molecular formula is C27H41N3O. The fraction of sp³-hybridized carbons (Fsp3) is 0.852. The minimum atomic E-state index is 0.388. The van der Waals surface area contributed by atoms with E-state index in [2.05, 4.69) is 36.6 Å². The standard InChI is InChI=1S/C27H41N3O/c1-4-31-17-19-5-7-22-21(13-19)6-8-24-23(22)11-12-27(3)25(9-10-26(24)27)18(2)30-16-20(14-28)15-29-30/h15-16,18-19,21-26H,4-13,17H2,1-3H3/t18-,19+,21-,22+,23?,24-,25?,26?,27-/m1/s1. The molecule has 170 valence electrons. The summed E-state index contributed by atoms with van der Waals surface area (Å²) in [6.07, 6.45) is 16.5. The van der Waals surface area contributed by atoms with Crippen molar-refractivity contribution in [3.8, 4) is 6.07 Å². The molecule has 4 aliphatic carbocycles. The Kier molecular flexibility index (Phi) is 5.93. The van der Waals surface area contributed by atoms with Crippen LogP contribution in [0.2, 0.25) is 0 Å². The lowest BCUT2D eigenvalue weighted by atomic mass is 9.49. The van der Waals surface area contributed by atoms with Gasteiger partial charge in [0.2, 0.25) is 0 Å². The SMILES string of the molecule is CCOC[C@H]1CC[C@@H]2C3CC[C@@]4(C)C(CCC4[C@@H](C)n4cc(C#N)cn4)[C@@H]3CC[C@@H]2C1. The maximum absolute atomic E-state index is 9.21. The van der Waals surface area contributed by atoms with E-state index in [9.17, 15) is 5.26 Å². The fourth-order valence-corrected chi connectivity index (χ4v) is 9.02. The molecule has 4 aliphatic rings. The van der Waals surface area contributed by atoms with E-state index < -0.39 is 0 Å². The van der Waals surface area contributed by atoms with Gasteiger partial charge in [0.05, 0.1) is 17.8 Å². The first-order valence-corrected chi connectivity index (χ1v) is 13.1. The van der Waals surface area contributed by atoms with Crippen LogP contribution in [0.15, 0.2) is 12.4 Å². The maximum Gasteiger partial charge on any atom is 0.102 e. The minimum Gasteiger partial charge on any atom is -0.381 e. The van der Waals surface area contributed by atoms with Crippen LogP contribution in [0.1, 0.15) is 90.2 Å². The van der Waals surface area contributed by atoms with E-state index in [0.29, 0.717) is 22.9 Å². The van der Waals surface area contributed by atoms with Gasteiger partial charge < -0.3 is 4.74 Å². The van der Waals surface area contributed by atoms with Gasteiger partial charge in [-0.15, -0.1) is 0 Å². The minimum absolute atomic E-state index is 0.388. The highest BCUT2D eigenvalue weighted by Gasteiger charge is 2.58. The third-order valence-electron chi connectivity index (χ3n) is 10.4. The highest BCUT2D eigenvalue weighted by atomic mass is 16.5. The van der Waals surface area contributed by atoms with E-state index in [1.165, 1.54) is 57.8 Å². The second-order valence-corrected chi connectivity index (χ2v) is 11.6. The molecule has 1 aromatic heterocycles. The van der Waals surface area contributed by atoms with Crippen LogP contribution in [0.25, 0.3) is 0 Å². The lowest BCUT2D eigenvalue weighted by Crippen LogP contribution is -2.49. The largest absolute Gasteiger partial charge is 0.381 e. The van der Waals surface area contributed by atoms with Crippen molar-refractivity contribution in [1.82, 2.24) is 9.78 Å². The van der Waals surface area contributed by atoms with Gasteiger partial charge in [-0.1, -0.05) is 6.92 Å². The first-order valence-electron chi connectivity index (χ1n) is 13.1. The summed E-state index contributed by atoms with van der Waals surface area (Å²) in [6.45, 7) is 8.94. The van der Waals surface area contributed by atoms with Gasteiger partial charge >= 0.3 is 0 Å². The Labute approximate surface area is 188 Å². The molecule has 0 spiro atoms. The van der Waals surface area contributed by atoms with Gasteiger partial charge in [-0.25, -0.2) is 0 Å². The number of hydrogen-bond donors (Lipinski definition) is 0. The summed E-state index contributed by atoms with van der Waals surface area (Å²) in [6, 6.07) is 2.63. The Hall–Kier alpha value is -1.34. The molecule has 4 nitrogen and oxygen atoms in total. The van der Waals surface area contributed by atoms with Crippen molar-refractivity contribution in [2.45, 2.75) is 84.6 Å². The molecule has 0 N–H and O–H groups in total. The van der Waals surface area contributed by atoms with Crippen LogP contribution in [0.5, 0.6) is 0 Å². The van der Waals surface area contributed by atoms with Gasteiger partial charge in [-0.2, -0.15) is 10.4 Å². The molecule has 5 rings (SSSR count). The van der Waals surface area contributed by atoms with Crippen molar-refractivity contribution in [2.75, 3.05) is 13.2 Å². The van der Waals surface area contributed by atoms with E-state index in [4.69, 9.17) is 4.74 Å². The second kappa shape index (κ2) is 8.54. The molecule has 1 aromatic rings. The molecule has 4 heteroatoms. The van der Waals surface area contributed by atoms with Crippen molar-refractivity contribution in [1.29, 1.82) is 5.26 Å². The number of fused-ring (bicyclic) bond motifs is 5. The van der Waals surface area contributed by atoms with E-state index >= 15 is 0 Å². The van der Waals surface area contributed by atoms with E-state index in [1.807, 2.05) is 6.20 Å². The van der Waals surface area contributed by atoms with Crippen molar-refractivity contribution in [3.63, 3.8) is 0 Å². The maximum atomic E-state index is 9.21. The van der Waals surface area contributed by atoms with Crippen molar-refractivity contribution >= 4 is 0 Å². The van der Waals surface area contributed by atoms with Crippen molar-refractivity contribution in [3.05, 3.63) is 18.0 Å². The van der Waals surface area contributed by atoms with Crippen LogP contribution in [0, 0.1) is 58.2 Å². The summed E-state index contributed by atoms with van der Waals surface area (Å²) < 4.78 is 7.87. The zero-order valence-corrected chi connectivity index (χ0v) is 19.8. The molecule has 9 atom stereocenters. The molecule has 0 aromatic carbocycles. The number of rotatable bonds is 5. The molecule has 0 aliphatic heterocycles. The highest BCUT2D eigenvalue weighted by Crippen LogP contribution is 2.65. The average molecular weight is 424 g/mol. The first kappa shape index (κ1) is 21.5. The predicted molar refractivity (Wildman–Crippen MR) is 122 cm³/mol. The molecule has 0 saturated heterocycles.